The van der Waals surface area contributed by atoms with E-state index in [-0.39, 0.29) is 22.2 Å². The van der Waals surface area contributed by atoms with Gasteiger partial charge in [0.15, 0.2) is 0 Å². The summed E-state index contributed by atoms with van der Waals surface area (Å²) in [5.41, 5.74) is 2.21. The van der Waals surface area contributed by atoms with Gasteiger partial charge in [-0.3, -0.25) is 4.79 Å². The molecule has 6 nitrogen and oxygen atoms in total. The van der Waals surface area contributed by atoms with Gasteiger partial charge >= 0.3 is 0 Å². The third-order valence-electron chi connectivity index (χ3n) is 5.46. The number of sulfonamides is 1. The van der Waals surface area contributed by atoms with Crippen LogP contribution in [0.25, 0.3) is 0 Å². The molecule has 0 aliphatic heterocycles. The van der Waals surface area contributed by atoms with Crippen LogP contribution >= 0.6 is 11.6 Å². The van der Waals surface area contributed by atoms with Gasteiger partial charge in [0, 0.05) is 6.54 Å². The summed E-state index contributed by atoms with van der Waals surface area (Å²) < 4.78 is 33.7. The molecule has 1 amide bonds. The number of carbonyl (C=O) groups is 1. The van der Waals surface area contributed by atoms with Gasteiger partial charge in [-0.15, -0.1) is 0 Å². The maximum Gasteiger partial charge on any atom is 0.241 e. The lowest BCUT2D eigenvalue weighted by molar-refractivity contribution is -0.122. The van der Waals surface area contributed by atoms with E-state index in [2.05, 4.69) is 16.1 Å². The molecule has 1 aliphatic carbocycles. The number of hydrogen-bond acceptors (Lipinski definition) is 4. The highest BCUT2D eigenvalue weighted by molar-refractivity contribution is 7.89. The van der Waals surface area contributed by atoms with Crippen LogP contribution < -0.4 is 14.8 Å². The first-order valence-corrected chi connectivity index (χ1v) is 12.6. The standard InChI is InChI=1S/C24H29ClN2O4S/c1-31-23-13-12-20(17-21(23)25)32(29,30)27-22(16-19-10-6-3-7-11-19)24(28)26-15-14-18-8-4-2-5-9-18/h3,6-8,10-13,17,22,27H,2,4-5,9,14-16H2,1H3,(H,26,28)/t22-/m0/s1. The molecule has 0 unspecified atom stereocenters. The van der Waals surface area contributed by atoms with Crippen molar-refractivity contribution in [1.82, 2.24) is 10.0 Å². The molecule has 0 heterocycles. The summed E-state index contributed by atoms with van der Waals surface area (Å²) in [6.07, 6.45) is 7.81. The van der Waals surface area contributed by atoms with E-state index in [4.69, 9.17) is 16.3 Å². The Bertz CT molecular complexity index is 1050. The van der Waals surface area contributed by atoms with Crippen molar-refractivity contribution in [3.8, 4) is 5.75 Å². The highest BCUT2D eigenvalue weighted by Gasteiger charge is 2.26. The lowest BCUT2D eigenvalue weighted by Gasteiger charge is -2.20. The number of hydrogen-bond donors (Lipinski definition) is 2. The smallest absolute Gasteiger partial charge is 0.241 e. The van der Waals surface area contributed by atoms with Crippen molar-refractivity contribution < 1.29 is 17.9 Å². The van der Waals surface area contributed by atoms with Crippen molar-refractivity contribution in [2.24, 2.45) is 0 Å². The van der Waals surface area contributed by atoms with Crippen molar-refractivity contribution in [2.45, 2.75) is 49.5 Å². The molecule has 8 heteroatoms. The number of carbonyl (C=O) groups excluding carboxylic acids is 1. The number of rotatable bonds is 10. The summed E-state index contributed by atoms with van der Waals surface area (Å²) in [6.45, 7) is 0.478. The predicted molar refractivity (Wildman–Crippen MR) is 126 cm³/mol. The largest absolute Gasteiger partial charge is 0.495 e. The zero-order valence-electron chi connectivity index (χ0n) is 18.1. The van der Waals surface area contributed by atoms with Gasteiger partial charge in [0.2, 0.25) is 15.9 Å². The van der Waals surface area contributed by atoms with E-state index in [0.717, 1.165) is 24.8 Å². The molecule has 1 atom stereocenters. The molecule has 172 valence electrons. The molecule has 0 saturated carbocycles. The van der Waals surface area contributed by atoms with Gasteiger partial charge in [0.05, 0.1) is 17.0 Å². The van der Waals surface area contributed by atoms with Gasteiger partial charge in [-0.25, -0.2) is 8.42 Å². The van der Waals surface area contributed by atoms with Crippen LogP contribution in [0.2, 0.25) is 5.02 Å². The molecule has 3 rings (SSSR count). The second-order valence-corrected chi connectivity index (χ2v) is 9.93. The van der Waals surface area contributed by atoms with Crippen molar-refractivity contribution in [2.75, 3.05) is 13.7 Å². The van der Waals surface area contributed by atoms with E-state index in [0.29, 0.717) is 12.3 Å². The summed E-state index contributed by atoms with van der Waals surface area (Å²) in [6, 6.07) is 12.6. The van der Waals surface area contributed by atoms with Crippen LogP contribution in [0.15, 0.2) is 65.1 Å². The van der Waals surface area contributed by atoms with Crippen LogP contribution in [-0.4, -0.2) is 34.0 Å². The number of halogens is 1. The fourth-order valence-electron chi connectivity index (χ4n) is 3.71. The van der Waals surface area contributed by atoms with Gasteiger partial charge < -0.3 is 10.1 Å². The third kappa shape index (κ3) is 6.82. The van der Waals surface area contributed by atoms with Crippen LogP contribution in [0.1, 0.15) is 37.7 Å². The first kappa shape index (κ1) is 24.3. The number of amides is 1. The molecule has 2 aromatic rings. The molecule has 0 bridgehead atoms. The lowest BCUT2D eigenvalue weighted by atomic mass is 9.97. The molecule has 0 spiro atoms. The Morgan fingerprint density at radius 2 is 1.94 bits per heavy atom. The predicted octanol–water partition coefficient (Wildman–Crippen LogP) is 4.24. The molecular formula is C24H29ClN2O4S. The number of nitrogens with one attached hydrogen (secondary N) is 2. The zero-order chi connectivity index (χ0) is 23.0. The first-order valence-electron chi connectivity index (χ1n) is 10.7. The number of allylic oxidation sites excluding steroid dienone is 1. The molecule has 0 radical (unpaired) electrons. The summed E-state index contributed by atoms with van der Waals surface area (Å²) >= 11 is 6.10. The van der Waals surface area contributed by atoms with Crippen LogP contribution in [0, 0.1) is 0 Å². The third-order valence-corrected chi connectivity index (χ3v) is 7.23. The van der Waals surface area contributed by atoms with Crippen LogP contribution in [0.3, 0.4) is 0 Å². The number of benzene rings is 2. The Labute approximate surface area is 195 Å². The van der Waals surface area contributed by atoms with Crippen LogP contribution in [0.4, 0.5) is 0 Å². The minimum atomic E-state index is -3.98. The minimum Gasteiger partial charge on any atom is -0.495 e. The molecule has 0 saturated heterocycles. The monoisotopic (exact) mass is 476 g/mol. The van der Waals surface area contributed by atoms with Gasteiger partial charge in [0.1, 0.15) is 11.8 Å². The fourth-order valence-corrected chi connectivity index (χ4v) is 5.25. The Morgan fingerprint density at radius 1 is 1.16 bits per heavy atom. The zero-order valence-corrected chi connectivity index (χ0v) is 19.7. The average molecular weight is 477 g/mol. The minimum absolute atomic E-state index is 0.0264. The summed E-state index contributed by atoms with van der Waals surface area (Å²) in [4.78, 5) is 12.9. The number of methoxy groups -OCH3 is 1. The molecule has 32 heavy (non-hydrogen) atoms. The van der Waals surface area contributed by atoms with Gasteiger partial charge in [-0.2, -0.15) is 4.72 Å². The Balaban J connectivity index is 1.73. The fraction of sp³-hybridized carbons (Fsp3) is 0.375. The Hall–Kier alpha value is -2.35. The lowest BCUT2D eigenvalue weighted by Crippen LogP contribution is -2.48. The van der Waals surface area contributed by atoms with E-state index in [9.17, 15) is 13.2 Å². The first-order chi connectivity index (χ1) is 15.4. The highest BCUT2D eigenvalue weighted by atomic mass is 35.5. The van der Waals surface area contributed by atoms with Crippen LogP contribution in [-0.2, 0) is 21.2 Å². The Kier molecular flexibility index (Phi) is 8.73. The molecular weight excluding hydrogens is 448 g/mol. The van der Waals surface area contributed by atoms with E-state index in [1.54, 1.807) is 0 Å². The molecule has 2 N–H and O–H groups in total. The molecule has 2 aromatic carbocycles. The van der Waals surface area contributed by atoms with E-state index in [1.165, 1.54) is 43.7 Å². The van der Waals surface area contributed by atoms with Gasteiger partial charge in [0.25, 0.3) is 0 Å². The van der Waals surface area contributed by atoms with E-state index < -0.39 is 16.1 Å². The summed E-state index contributed by atoms with van der Waals surface area (Å²) in [5.74, 6) is 0.0228. The maximum atomic E-state index is 13.0. The highest BCUT2D eigenvalue weighted by Crippen LogP contribution is 2.27. The normalized spacial score (nSPS) is 15.0. The van der Waals surface area contributed by atoms with E-state index in [1.807, 2.05) is 30.3 Å². The summed E-state index contributed by atoms with van der Waals surface area (Å²) in [7, 11) is -2.52. The van der Waals surface area contributed by atoms with Gasteiger partial charge in [-0.1, -0.05) is 53.6 Å². The molecule has 0 fully saturated rings. The van der Waals surface area contributed by atoms with Gasteiger partial charge in [-0.05, 0) is 62.3 Å². The van der Waals surface area contributed by atoms with Crippen molar-refractivity contribution in [1.29, 1.82) is 0 Å². The quantitative estimate of drug-likeness (QED) is 0.502. The van der Waals surface area contributed by atoms with E-state index >= 15 is 0 Å². The SMILES string of the molecule is COc1ccc(S(=O)(=O)N[C@@H](Cc2ccccc2)C(=O)NCCC2=CCCCC2)cc1Cl. The van der Waals surface area contributed by atoms with Crippen LogP contribution in [0.5, 0.6) is 5.75 Å². The Morgan fingerprint density at radius 3 is 2.59 bits per heavy atom. The van der Waals surface area contributed by atoms with Crippen molar-refractivity contribution in [3.05, 3.63) is 70.8 Å². The molecule has 1 aliphatic rings. The second kappa shape index (κ2) is 11.5. The van der Waals surface area contributed by atoms with Crippen molar-refractivity contribution in [3.63, 3.8) is 0 Å². The van der Waals surface area contributed by atoms with Crippen molar-refractivity contribution >= 4 is 27.5 Å². The maximum absolute atomic E-state index is 13.0. The number of ether oxygens (including phenoxy) is 1. The average Bonchev–Trinajstić information content (AvgIpc) is 2.80. The topological polar surface area (TPSA) is 84.5 Å². The summed E-state index contributed by atoms with van der Waals surface area (Å²) in [5, 5.41) is 3.08. The second-order valence-electron chi connectivity index (χ2n) is 7.81. The molecule has 0 aromatic heterocycles.